The van der Waals surface area contributed by atoms with Gasteiger partial charge in [0.05, 0.1) is 11.7 Å². The van der Waals surface area contributed by atoms with Crippen LogP contribution in [-0.2, 0) is 0 Å². The van der Waals surface area contributed by atoms with E-state index in [0.717, 1.165) is 12.1 Å². The van der Waals surface area contributed by atoms with Crippen LogP contribution in [0, 0.1) is 5.41 Å². The van der Waals surface area contributed by atoms with E-state index in [4.69, 9.17) is 0 Å². The molecule has 78 valence electrons. The Morgan fingerprint density at radius 2 is 2.14 bits per heavy atom. The minimum atomic E-state index is 0.199. The van der Waals surface area contributed by atoms with Crippen molar-refractivity contribution in [3.63, 3.8) is 0 Å². The Bertz CT molecular complexity index is 269. The molecule has 0 aliphatic carbocycles. The standard InChI is InChI=1S/C11H19N3/c1-5-11(2,3)10(12-4)9-8-13-6-7-14-9/h6-8,10,12H,5H2,1-4H3. The van der Waals surface area contributed by atoms with Gasteiger partial charge in [-0.25, -0.2) is 0 Å². The molecule has 14 heavy (non-hydrogen) atoms. The van der Waals surface area contributed by atoms with Crippen LogP contribution in [0.1, 0.15) is 38.9 Å². The summed E-state index contributed by atoms with van der Waals surface area (Å²) in [5, 5.41) is 3.31. The summed E-state index contributed by atoms with van der Waals surface area (Å²) in [6.07, 6.45) is 6.38. The van der Waals surface area contributed by atoms with E-state index in [-0.39, 0.29) is 11.5 Å². The summed E-state index contributed by atoms with van der Waals surface area (Å²) in [7, 11) is 1.97. The van der Waals surface area contributed by atoms with Crippen LogP contribution in [-0.4, -0.2) is 17.0 Å². The highest BCUT2D eigenvalue weighted by molar-refractivity contribution is 5.06. The van der Waals surface area contributed by atoms with Gasteiger partial charge in [-0.05, 0) is 18.9 Å². The zero-order valence-corrected chi connectivity index (χ0v) is 9.41. The summed E-state index contributed by atoms with van der Waals surface area (Å²) in [6, 6.07) is 0.265. The highest BCUT2D eigenvalue weighted by Gasteiger charge is 2.28. The van der Waals surface area contributed by atoms with Gasteiger partial charge in [0, 0.05) is 18.6 Å². The van der Waals surface area contributed by atoms with Gasteiger partial charge >= 0.3 is 0 Å². The summed E-state index contributed by atoms with van der Waals surface area (Å²) < 4.78 is 0. The third kappa shape index (κ3) is 2.29. The zero-order valence-electron chi connectivity index (χ0n) is 9.41. The number of nitrogens with zero attached hydrogens (tertiary/aromatic N) is 2. The molecular formula is C11H19N3. The van der Waals surface area contributed by atoms with E-state index in [1.54, 1.807) is 12.4 Å². The average molecular weight is 193 g/mol. The molecule has 1 unspecified atom stereocenters. The third-order valence-corrected chi connectivity index (χ3v) is 2.86. The monoisotopic (exact) mass is 193 g/mol. The molecule has 0 saturated carbocycles. The summed E-state index contributed by atoms with van der Waals surface area (Å²) in [4.78, 5) is 8.44. The number of rotatable bonds is 4. The van der Waals surface area contributed by atoms with Gasteiger partial charge in [-0.2, -0.15) is 0 Å². The maximum Gasteiger partial charge on any atom is 0.0761 e. The molecule has 0 bridgehead atoms. The van der Waals surface area contributed by atoms with Crippen molar-refractivity contribution in [1.29, 1.82) is 0 Å². The molecule has 1 heterocycles. The van der Waals surface area contributed by atoms with Gasteiger partial charge in [0.1, 0.15) is 0 Å². The van der Waals surface area contributed by atoms with E-state index in [1.807, 2.05) is 13.2 Å². The molecule has 0 radical (unpaired) electrons. The summed E-state index contributed by atoms with van der Waals surface area (Å²) >= 11 is 0. The summed E-state index contributed by atoms with van der Waals surface area (Å²) in [6.45, 7) is 6.67. The number of hydrogen-bond donors (Lipinski definition) is 1. The van der Waals surface area contributed by atoms with Crippen molar-refractivity contribution in [3.05, 3.63) is 24.3 Å². The SMILES string of the molecule is CCC(C)(C)C(NC)c1cnccn1. The van der Waals surface area contributed by atoms with E-state index < -0.39 is 0 Å². The van der Waals surface area contributed by atoms with Crippen LogP contribution in [0.15, 0.2) is 18.6 Å². The first-order chi connectivity index (χ1) is 6.61. The van der Waals surface area contributed by atoms with E-state index in [0.29, 0.717) is 0 Å². The lowest BCUT2D eigenvalue weighted by molar-refractivity contribution is 0.240. The highest BCUT2D eigenvalue weighted by atomic mass is 14.9. The van der Waals surface area contributed by atoms with Crippen LogP contribution >= 0.6 is 0 Å². The van der Waals surface area contributed by atoms with Gasteiger partial charge in [0.25, 0.3) is 0 Å². The maximum absolute atomic E-state index is 4.34. The van der Waals surface area contributed by atoms with E-state index in [1.165, 1.54) is 0 Å². The van der Waals surface area contributed by atoms with Gasteiger partial charge in [-0.15, -0.1) is 0 Å². The smallest absolute Gasteiger partial charge is 0.0761 e. The molecule has 0 saturated heterocycles. The zero-order chi connectivity index (χ0) is 10.6. The summed E-state index contributed by atoms with van der Waals surface area (Å²) in [5.41, 5.74) is 1.21. The van der Waals surface area contributed by atoms with Crippen LogP contribution in [0.25, 0.3) is 0 Å². The van der Waals surface area contributed by atoms with Crippen molar-refractivity contribution < 1.29 is 0 Å². The number of aromatic nitrogens is 2. The molecule has 0 fully saturated rings. The Labute approximate surface area is 86.0 Å². The minimum absolute atomic E-state index is 0.199. The molecule has 0 amide bonds. The molecule has 0 aromatic carbocycles. The lowest BCUT2D eigenvalue weighted by atomic mass is 9.80. The van der Waals surface area contributed by atoms with E-state index in [2.05, 4.69) is 36.1 Å². The molecule has 1 N–H and O–H groups in total. The molecule has 1 aromatic rings. The van der Waals surface area contributed by atoms with Crippen molar-refractivity contribution in [2.75, 3.05) is 7.05 Å². The number of nitrogens with one attached hydrogen (secondary N) is 1. The van der Waals surface area contributed by atoms with Gasteiger partial charge in [-0.3, -0.25) is 9.97 Å². The quantitative estimate of drug-likeness (QED) is 0.796. The van der Waals surface area contributed by atoms with Crippen molar-refractivity contribution in [2.24, 2.45) is 5.41 Å². The average Bonchev–Trinajstić information content (AvgIpc) is 2.20. The molecule has 1 aromatic heterocycles. The molecule has 3 nitrogen and oxygen atoms in total. The van der Waals surface area contributed by atoms with Gasteiger partial charge in [0.15, 0.2) is 0 Å². The van der Waals surface area contributed by atoms with E-state index >= 15 is 0 Å². The maximum atomic E-state index is 4.34. The highest BCUT2D eigenvalue weighted by Crippen LogP contribution is 2.34. The number of hydrogen-bond acceptors (Lipinski definition) is 3. The summed E-state index contributed by atoms with van der Waals surface area (Å²) in [5.74, 6) is 0. The normalized spacial score (nSPS) is 14.0. The van der Waals surface area contributed by atoms with Crippen molar-refractivity contribution in [1.82, 2.24) is 15.3 Å². The lowest BCUT2D eigenvalue weighted by Crippen LogP contribution is -2.32. The van der Waals surface area contributed by atoms with Crippen LogP contribution in [0.2, 0.25) is 0 Å². The largest absolute Gasteiger partial charge is 0.311 e. The van der Waals surface area contributed by atoms with Gasteiger partial charge in [-0.1, -0.05) is 20.8 Å². The Morgan fingerprint density at radius 3 is 2.57 bits per heavy atom. The lowest BCUT2D eigenvalue weighted by Gasteiger charge is -2.32. The fraction of sp³-hybridized carbons (Fsp3) is 0.636. The molecule has 3 heteroatoms. The Morgan fingerprint density at radius 1 is 1.43 bits per heavy atom. The molecule has 1 rings (SSSR count). The first-order valence-electron chi connectivity index (χ1n) is 5.05. The molecule has 0 spiro atoms. The van der Waals surface area contributed by atoms with Gasteiger partial charge < -0.3 is 5.32 Å². The second kappa shape index (κ2) is 4.51. The Balaban J connectivity index is 2.93. The van der Waals surface area contributed by atoms with Crippen molar-refractivity contribution >= 4 is 0 Å². The first-order valence-corrected chi connectivity index (χ1v) is 5.05. The molecule has 0 aliphatic heterocycles. The van der Waals surface area contributed by atoms with Crippen LogP contribution in [0.5, 0.6) is 0 Å². The predicted octanol–water partition coefficient (Wildman–Crippen LogP) is 2.17. The fourth-order valence-corrected chi connectivity index (χ4v) is 1.60. The Hall–Kier alpha value is -0.960. The molecule has 0 aliphatic rings. The first kappa shape index (κ1) is 11.1. The van der Waals surface area contributed by atoms with Crippen molar-refractivity contribution in [3.8, 4) is 0 Å². The van der Waals surface area contributed by atoms with Crippen LogP contribution in [0.4, 0.5) is 0 Å². The van der Waals surface area contributed by atoms with Crippen LogP contribution in [0.3, 0.4) is 0 Å². The van der Waals surface area contributed by atoms with E-state index in [9.17, 15) is 0 Å². The predicted molar refractivity (Wildman–Crippen MR) is 57.9 cm³/mol. The second-order valence-electron chi connectivity index (χ2n) is 4.19. The topological polar surface area (TPSA) is 37.8 Å². The third-order valence-electron chi connectivity index (χ3n) is 2.86. The second-order valence-corrected chi connectivity index (χ2v) is 4.19. The fourth-order valence-electron chi connectivity index (χ4n) is 1.60. The van der Waals surface area contributed by atoms with Crippen molar-refractivity contribution in [2.45, 2.75) is 33.2 Å². The van der Waals surface area contributed by atoms with Crippen LogP contribution < -0.4 is 5.32 Å². The molecule has 1 atom stereocenters. The minimum Gasteiger partial charge on any atom is -0.311 e. The van der Waals surface area contributed by atoms with Gasteiger partial charge in [0.2, 0.25) is 0 Å². The molecular weight excluding hydrogens is 174 g/mol. The Kier molecular flexibility index (Phi) is 3.58.